The van der Waals surface area contributed by atoms with Gasteiger partial charge in [0, 0.05) is 13.0 Å². The van der Waals surface area contributed by atoms with Crippen molar-refractivity contribution in [1.29, 1.82) is 0 Å². The third-order valence-electron chi connectivity index (χ3n) is 3.62. The van der Waals surface area contributed by atoms with Gasteiger partial charge in [0.15, 0.2) is 0 Å². The Balaban J connectivity index is 2.62. The van der Waals surface area contributed by atoms with Gasteiger partial charge in [-0.3, -0.25) is 4.79 Å². The summed E-state index contributed by atoms with van der Waals surface area (Å²) in [6.45, 7) is 2.07. The third-order valence-corrected chi connectivity index (χ3v) is 3.62. The molecule has 0 radical (unpaired) electrons. The zero-order valence-corrected chi connectivity index (χ0v) is 13.7. The summed E-state index contributed by atoms with van der Waals surface area (Å²) in [4.78, 5) is 22.6. The van der Waals surface area contributed by atoms with Crippen molar-refractivity contribution < 1.29 is 32.6 Å². The van der Waals surface area contributed by atoms with Gasteiger partial charge in [0.2, 0.25) is 5.91 Å². The van der Waals surface area contributed by atoms with Gasteiger partial charge in [-0.1, -0.05) is 19.9 Å². The standard InChI is InChI=1S/C16H20F3NO4/c1-15(2,16(17,18)19)9-13(21)20-7-6-10-4-5-11(14(22)23)8-12(10)24-3/h4-5,8H,6-7,9H2,1-3H3,(H,20,21)(H,22,23). The highest BCUT2D eigenvalue weighted by Crippen LogP contribution is 2.40. The summed E-state index contributed by atoms with van der Waals surface area (Å²) >= 11 is 0. The lowest BCUT2D eigenvalue weighted by molar-refractivity contribution is -0.213. The molecule has 0 saturated heterocycles. The molecular formula is C16H20F3NO4. The number of methoxy groups -OCH3 is 1. The van der Waals surface area contributed by atoms with Crippen molar-refractivity contribution in [3.63, 3.8) is 0 Å². The summed E-state index contributed by atoms with van der Waals surface area (Å²) in [6.07, 6.45) is -4.81. The number of amides is 1. The average Bonchev–Trinajstić information content (AvgIpc) is 2.45. The number of aromatic carboxylic acids is 1. The van der Waals surface area contributed by atoms with E-state index in [-0.39, 0.29) is 12.1 Å². The number of ether oxygens (including phenoxy) is 1. The Morgan fingerprint density at radius 1 is 1.25 bits per heavy atom. The van der Waals surface area contributed by atoms with Crippen LogP contribution in [0, 0.1) is 5.41 Å². The lowest BCUT2D eigenvalue weighted by atomic mass is 9.88. The van der Waals surface area contributed by atoms with Crippen molar-refractivity contribution in [3.05, 3.63) is 29.3 Å². The number of nitrogens with one attached hydrogen (secondary N) is 1. The monoisotopic (exact) mass is 347 g/mol. The van der Waals surface area contributed by atoms with E-state index in [1.807, 2.05) is 0 Å². The molecular weight excluding hydrogens is 327 g/mol. The van der Waals surface area contributed by atoms with Crippen molar-refractivity contribution in [3.8, 4) is 5.75 Å². The summed E-state index contributed by atoms with van der Waals surface area (Å²) in [5, 5.41) is 11.4. The Kier molecular flexibility index (Phi) is 6.22. The van der Waals surface area contributed by atoms with E-state index < -0.39 is 29.9 Å². The first kappa shape index (κ1) is 19.8. The van der Waals surface area contributed by atoms with Crippen LogP contribution in [0.2, 0.25) is 0 Å². The molecule has 0 aliphatic heterocycles. The Hall–Kier alpha value is -2.25. The predicted octanol–water partition coefficient (Wildman–Crippen LogP) is 3.03. The smallest absolute Gasteiger partial charge is 0.394 e. The van der Waals surface area contributed by atoms with Gasteiger partial charge in [-0.25, -0.2) is 4.79 Å². The van der Waals surface area contributed by atoms with Gasteiger partial charge in [0.1, 0.15) is 5.75 Å². The molecule has 1 aromatic rings. The van der Waals surface area contributed by atoms with Gasteiger partial charge >= 0.3 is 12.1 Å². The molecule has 1 amide bonds. The Labute approximate surface area is 137 Å². The van der Waals surface area contributed by atoms with Crippen molar-refractivity contribution in [2.75, 3.05) is 13.7 Å². The quantitative estimate of drug-likeness (QED) is 0.795. The molecule has 0 atom stereocenters. The van der Waals surface area contributed by atoms with Gasteiger partial charge in [-0.15, -0.1) is 0 Å². The summed E-state index contributed by atoms with van der Waals surface area (Å²) in [5.74, 6) is -1.44. The molecule has 8 heteroatoms. The number of carboxylic acids is 1. The molecule has 0 heterocycles. The van der Waals surface area contributed by atoms with Crippen molar-refractivity contribution in [1.82, 2.24) is 5.32 Å². The second kappa shape index (κ2) is 7.55. The lowest BCUT2D eigenvalue weighted by Crippen LogP contribution is -2.38. The van der Waals surface area contributed by atoms with E-state index in [1.165, 1.54) is 19.2 Å². The topological polar surface area (TPSA) is 75.6 Å². The lowest BCUT2D eigenvalue weighted by Gasteiger charge is -2.26. The molecule has 0 fully saturated rings. The Morgan fingerprint density at radius 2 is 1.88 bits per heavy atom. The number of carbonyl (C=O) groups excluding carboxylic acids is 1. The second-order valence-corrected chi connectivity index (χ2v) is 5.99. The average molecular weight is 347 g/mol. The number of carbonyl (C=O) groups is 2. The van der Waals surface area contributed by atoms with Gasteiger partial charge in [0.25, 0.3) is 0 Å². The van der Waals surface area contributed by atoms with Gasteiger partial charge < -0.3 is 15.2 Å². The maximum atomic E-state index is 12.7. The fraction of sp³-hybridized carbons (Fsp3) is 0.500. The Bertz CT molecular complexity index is 612. The zero-order chi connectivity index (χ0) is 18.5. The van der Waals surface area contributed by atoms with E-state index in [1.54, 1.807) is 6.07 Å². The molecule has 0 saturated carbocycles. The van der Waals surface area contributed by atoms with E-state index in [2.05, 4.69) is 5.32 Å². The van der Waals surface area contributed by atoms with Gasteiger partial charge in [-0.05, 0) is 24.1 Å². The molecule has 0 unspecified atom stereocenters. The first-order valence-electron chi connectivity index (χ1n) is 7.21. The summed E-state index contributed by atoms with van der Waals surface area (Å²) in [6, 6.07) is 4.30. The number of benzene rings is 1. The molecule has 0 aliphatic rings. The number of rotatable bonds is 7. The van der Waals surface area contributed by atoms with Crippen molar-refractivity contribution in [2.45, 2.75) is 32.9 Å². The maximum Gasteiger partial charge on any atom is 0.394 e. The van der Waals surface area contributed by atoms with Gasteiger partial charge in [0.05, 0.1) is 18.1 Å². The number of alkyl halides is 3. The molecule has 2 N–H and O–H groups in total. The molecule has 0 aliphatic carbocycles. The number of carboxylic acid groups (broad SMARTS) is 1. The summed E-state index contributed by atoms with van der Waals surface area (Å²) in [7, 11) is 1.38. The highest BCUT2D eigenvalue weighted by Gasteiger charge is 2.48. The third kappa shape index (κ3) is 5.14. The summed E-state index contributed by atoms with van der Waals surface area (Å²) < 4.78 is 43.3. The van der Waals surface area contributed by atoms with Crippen LogP contribution >= 0.6 is 0 Å². The van der Waals surface area contributed by atoms with E-state index in [0.29, 0.717) is 17.7 Å². The van der Waals surface area contributed by atoms with E-state index >= 15 is 0 Å². The largest absolute Gasteiger partial charge is 0.496 e. The van der Waals surface area contributed by atoms with Crippen LogP contribution in [-0.2, 0) is 11.2 Å². The Morgan fingerprint density at radius 3 is 2.38 bits per heavy atom. The maximum absolute atomic E-state index is 12.7. The van der Waals surface area contributed by atoms with Crippen molar-refractivity contribution >= 4 is 11.9 Å². The number of hydrogen-bond donors (Lipinski definition) is 2. The normalized spacial score (nSPS) is 11.9. The number of halogens is 3. The molecule has 1 rings (SSSR count). The molecule has 1 aromatic carbocycles. The minimum absolute atomic E-state index is 0.0616. The van der Waals surface area contributed by atoms with Crippen LogP contribution in [0.25, 0.3) is 0 Å². The SMILES string of the molecule is COc1cc(C(=O)O)ccc1CCNC(=O)CC(C)(C)C(F)(F)F. The fourth-order valence-electron chi connectivity index (χ4n) is 1.98. The fourth-order valence-corrected chi connectivity index (χ4v) is 1.98. The first-order chi connectivity index (χ1) is 11.0. The highest BCUT2D eigenvalue weighted by molar-refractivity contribution is 5.88. The predicted molar refractivity (Wildman–Crippen MR) is 81.1 cm³/mol. The van der Waals surface area contributed by atoms with Crippen LogP contribution in [0.15, 0.2) is 18.2 Å². The van der Waals surface area contributed by atoms with Crippen LogP contribution in [0.5, 0.6) is 5.75 Å². The van der Waals surface area contributed by atoms with Crippen molar-refractivity contribution in [2.24, 2.45) is 5.41 Å². The van der Waals surface area contributed by atoms with Crippen LogP contribution in [0.3, 0.4) is 0 Å². The van der Waals surface area contributed by atoms with E-state index in [9.17, 15) is 22.8 Å². The molecule has 134 valence electrons. The molecule has 24 heavy (non-hydrogen) atoms. The van der Waals surface area contributed by atoms with Crippen LogP contribution in [-0.4, -0.2) is 36.8 Å². The highest BCUT2D eigenvalue weighted by atomic mass is 19.4. The van der Waals surface area contributed by atoms with Gasteiger partial charge in [-0.2, -0.15) is 13.2 Å². The van der Waals surface area contributed by atoms with Crippen LogP contribution in [0.1, 0.15) is 36.2 Å². The molecule has 0 aromatic heterocycles. The minimum atomic E-state index is -4.46. The van der Waals surface area contributed by atoms with Crippen LogP contribution in [0.4, 0.5) is 13.2 Å². The molecule has 5 nitrogen and oxygen atoms in total. The second-order valence-electron chi connectivity index (χ2n) is 5.99. The number of hydrogen-bond acceptors (Lipinski definition) is 3. The van der Waals surface area contributed by atoms with Crippen LogP contribution < -0.4 is 10.1 Å². The summed E-state index contributed by atoms with van der Waals surface area (Å²) in [5.41, 5.74) is -1.39. The molecule has 0 spiro atoms. The molecule has 0 bridgehead atoms. The van der Waals surface area contributed by atoms with E-state index in [4.69, 9.17) is 9.84 Å². The first-order valence-corrected chi connectivity index (χ1v) is 7.21. The minimum Gasteiger partial charge on any atom is -0.496 e. The van der Waals surface area contributed by atoms with E-state index in [0.717, 1.165) is 13.8 Å². The zero-order valence-electron chi connectivity index (χ0n) is 13.7.